The summed E-state index contributed by atoms with van der Waals surface area (Å²) in [6.45, 7) is 5.91. The van der Waals surface area contributed by atoms with E-state index in [2.05, 4.69) is 34.2 Å². The maximum absolute atomic E-state index is 4.40. The van der Waals surface area contributed by atoms with Gasteiger partial charge in [0.1, 0.15) is 5.82 Å². The van der Waals surface area contributed by atoms with E-state index in [-0.39, 0.29) is 0 Å². The molecule has 2 nitrogen and oxygen atoms in total. The topological polar surface area (TPSA) is 25.8 Å². The van der Waals surface area contributed by atoms with E-state index in [9.17, 15) is 0 Å². The van der Waals surface area contributed by atoms with Gasteiger partial charge in [0, 0.05) is 11.6 Å². The van der Waals surface area contributed by atoms with Gasteiger partial charge in [0.25, 0.3) is 0 Å². The minimum absolute atomic E-state index is 0.810. The summed E-state index contributed by atoms with van der Waals surface area (Å²) in [5.74, 6) is 0.810. The van der Waals surface area contributed by atoms with E-state index in [1.54, 1.807) is 0 Å². The molecule has 3 aromatic rings. The highest BCUT2D eigenvalue weighted by Crippen LogP contribution is 2.22. The van der Waals surface area contributed by atoms with E-state index < -0.39 is 0 Å². The van der Waals surface area contributed by atoms with Crippen molar-refractivity contribution in [3.05, 3.63) is 60.6 Å². The van der Waals surface area contributed by atoms with E-state index >= 15 is 0 Å². The van der Waals surface area contributed by atoms with Crippen LogP contribution in [0, 0.1) is 6.92 Å². The third kappa shape index (κ3) is 2.97. The van der Waals surface area contributed by atoms with Crippen LogP contribution in [0.4, 0.5) is 0 Å². The highest BCUT2D eigenvalue weighted by atomic mass is 14.9. The second-order valence-electron chi connectivity index (χ2n) is 4.06. The fraction of sp³-hybridized carbons (Fsp3) is 0.176. The van der Waals surface area contributed by atoms with Crippen LogP contribution >= 0.6 is 0 Å². The monoisotopic (exact) mass is 250 g/mol. The Bertz CT molecular complexity index is 660. The maximum Gasteiger partial charge on any atom is 0.125 e. The molecule has 0 amide bonds. The summed E-state index contributed by atoms with van der Waals surface area (Å²) in [4.78, 5) is 8.63. The predicted octanol–water partition coefficient (Wildman–Crippen LogP) is 4.63. The fourth-order valence-corrected chi connectivity index (χ4v) is 1.94. The molecule has 0 unspecified atom stereocenters. The van der Waals surface area contributed by atoms with Crippen molar-refractivity contribution in [2.75, 3.05) is 0 Å². The number of hydrogen-bond acceptors (Lipinski definition) is 2. The van der Waals surface area contributed by atoms with Gasteiger partial charge in [-0.25, -0.2) is 9.97 Å². The number of fused-ring (bicyclic) bond motifs is 1. The molecular formula is C17H18N2. The van der Waals surface area contributed by atoms with Crippen LogP contribution in [0.25, 0.3) is 22.0 Å². The lowest BCUT2D eigenvalue weighted by atomic mass is 10.0. The Labute approximate surface area is 114 Å². The molecule has 0 aliphatic carbocycles. The average molecular weight is 250 g/mol. The molecule has 96 valence electrons. The lowest BCUT2D eigenvalue weighted by Crippen LogP contribution is -1.88. The van der Waals surface area contributed by atoms with Crippen LogP contribution in [0.5, 0.6) is 0 Å². The molecule has 0 aliphatic rings. The smallest absolute Gasteiger partial charge is 0.125 e. The molecule has 0 saturated heterocycles. The molecule has 0 N–H and O–H groups in total. The van der Waals surface area contributed by atoms with E-state index in [0.717, 1.165) is 16.7 Å². The molecule has 1 heterocycles. The van der Waals surface area contributed by atoms with Gasteiger partial charge >= 0.3 is 0 Å². The SMILES string of the molecule is CC.Cc1ncc2cc(-c3ccccc3)ccc2n1. The molecule has 1 aromatic heterocycles. The van der Waals surface area contributed by atoms with E-state index in [4.69, 9.17) is 0 Å². The third-order valence-corrected chi connectivity index (χ3v) is 2.81. The summed E-state index contributed by atoms with van der Waals surface area (Å²) in [5.41, 5.74) is 3.41. The fourth-order valence-electron chi connectivity index (χ4n) is 1.94. The zero-order chi connectivity index (χ0) is 13.7. The zero-order valence-corrected chi connectivity index (χ0v) is 11.6. The molecule has 19 heavy (non-hydrogen) atoms. The molecule has 0 saturated carbocycles. The molecule has 2 aromatic carbocycles. The third-order valence-electron chi connectivity index (χ3n) is 2.81. The highest BCUT2D eigenvalue weighted by Gasteiger charge is 2.00. The zero-order valence-electron chi connectivity index (χ0n) is 11.6. The van der Waals surface area contributed by atoms with Gasteiger partial charge in [0.15, 0.2) is 0 Å². The number of hydrogen-bond donors (Lipinski definition) is 0. The van der Waals surface area contributed by atoms with Gasteiger partial charge in [-0.1, -0.05) is 50.2 Å². The van der Waals surface area contributed by atoms with Crippen LogP contribution in [0.1, 0.15) is 19.7 Å². The number of aryl methyl sites for hydroxylation is 1. The van der Waals surface area contributed by atoms with Crippen LogP contribution in [-0.2, 0) is 0 Å². The van der Waals surface area contributed by atoms with Crippen LogP contribution in [-0.4, -0.2) is 9.97 Å². The Morgan fingerprint density at radius 2 is 1.58 bits per heavy atom. The molecule has 0 bridgehead atoms. The number of benzene rings is 2. The lowest BCUT2D eigenvalue weighted by molar-refractivity contribution is 1.09. The first-order chi connectivity index (χ1) is 9.33. The van der Waals surface area contributed by atoms with Crippen molar-refractivity contribution in [3.8, 4) is 11.1 Å². The van der Waals surface area contributed by atoms with E-state index in [1.165, 1.54) is 11.1 Å². The maximum atomic E-state index is 4.40. The summed E-state index contributed by atoms with van der Waals surface area (Å²) in [5, 5.41) is 1.08. The van der Waals surface area contributed by atoms with Gasteiger partial charge in [0.2, 0.25) is 0 Å². The predicted molar refractivity (Wildman–Crippen MR) is 81.1 cm³/mol. The van der Waals surface area contributed by atoms with Gasteiger partial charge in [-0.2, -0.15) is 0 Å². The summed E-state index contributed by atoms with van der Waals surface area (Å²) >= 11 is 0. The molecule has 0 fully saturated rings. The first kappa shape index (κ1) is 13.2. The normalized spacial score (nSPS) is 9.84. The Morgan fingerprint density at radius 1 is 0.842 bits per heavy atom. The Balaban J connectivity index is 0.000000637. The second kappa shape index (κ2) is 6.10. The summed E-state index contributed by atoms with van der Waals surface area (Å²) < 4.78 is 0. The lowest BCUT2D eigenvalue weighted by Gasteiger charge is -2.03. The molecule has 0 aliphatic heterocycles. The van der Waals surface area contributed by atoms with E-state index in [1.807, 2.05) is 51.2 Å². The van der Waals surface area contributed by atoms with Crippen molar-refractivity contribution in [3.63, 3.8) is 0 Å². The first-order valence-corrected chi connectivity index (χ1v) is 6.62. The molecule has 3 rings (SSSR count). The standard InChI is InChI=1S/C15H12N2.C2H6/c1-11-16-10-14-9-13(7-8-15(14)17-11)12-5-3-2-4-6-12;1-2/h2-10H,1H3;1-2H3. The number of nitrogens with zero attached hydrogens (tertiary/aromatic N) is 2. The van der Waals surface area contributed by atoms with Gasteiger partial charge in [0.05, 0.1) is 5.52 Å². The summed E-state index contributed by atoms with van der Waals surface area (Å²) in [7, 11) is 0. The van der Waals surface area contributed by atoms with Crippen molar-refractivity contribution < 1.29 is 0 Å². The second-order valence-corrected chi connectivity index (χ2v) is 4.06. The molecular weight excluding hydrogens is 232 g/mol. The first-order valence-electron chi connectivity index (χ1n) is 6.62. The molecule has 0 atom stereocenters. The Morgan fingerprint density at radius 3 is 2.32 bits per heavy atom. The van der Waals surface area contributed by atoms with Crippen molar-refractivity contribution in [2.24, 2.45) is 0 Å². The molecule has 0 radical (unpaired) electrons. The largest absolute Gasteiger partial charge is 0.241 e. The van der Waals surface area contributed by atoms with Crippen molar-refractivity contribution in [1.82, 2.24) is 9.97 Å². The van der Waals surface area contributed by atoms with Gasteiger partial charge in [-0.15, -0.1) is 0 Å². The van der Waals surface area contributed by atoms with Crippen LogP contribution < -0.4 is 0 Å². The van der Waals surface area contributed by atoms with Crippen molar-refractivity contribution in [1.29, 1.82) is 0 Å². The number of aromatic nitrogens is 2. The Kier molecular flexibility index (Phi) is 4.24. The average Bonchev–Trinajstić information content (AvgIpc) is 2.49. The summed E-state index contributed by atoms with van der Waals surface area (Å²) in [6.07, 6.45) is 1.88. The minimum atomic E-state index is 0.810. The quantitative estimate of drug-likeness (QED) is 0.629. The summed E-state index contributed by atoms with van der Waals surface area (Å²) in [6, 6.07) is 16.6. The van der Waals surface area contributed by atoms with Crippen LogP contribution in [0.15, 0.2) is 54.7 Å². The van der Waals surface area contributed by atoms with Crippen molar-refractivity contribution >= 4 is 10.9 Å². The Hall–Kier alpha value is -2.22. The van der Waals surface area contributed by atoms with E-state index in [0.29, 0.717) is 0 Å². The molecule has 2 heteroatoms. The van der Waals surface area contributed by atoms with Crippen molar-refractivity contribution in [2.45, 2.75) is 20.8 Å². The van der Waals surface area contributed by atoms with Gasteiger partial charge in [-0.05, 0) is 30.2 Å². The van der Waals surface area contributed by atoms with Crippen LogP contribution in [0.2, 0.25) is 0 Å². The van der Waals surface area contributed by atoms with Gasteiger partial charge < -0.3 is 0 Å². The minimum Gasteiger partial charge on any atom is -0.241 e. The number of rotatable bonds is 1. The van der Waals surface area contributed by atoms with Crippen LogP contribution in [0.3, 0.4) is 0 Å². The molecule has 0 spiro atoms. The van der Waals surface area contributed by atoms with Gasteiger partial charge in [-0.3, -0.25) is 0 Å². The highest BCUT2D eigenvalue weighted by molar-refractivity contribution is 5.83.